The highest BCUT2D eigenvalue weighted by molar-refractivity contribution is 7.15. The van der Waals surface area contributed by atoms with Gasteiger partial charge >= 0.3 is 0 Å². The van der Waals surface area contributed by atoms with Gasteiger partial charge in [-0.15, -0.1) is 11.3 Å². The molecular formula is C21H21NS. The Morgan fingerprint density at radius 3 is 2.17 bits per heavy atom. The van der Waals surface area contributed by atoms with Crippen LogP contribution in [0.25, 0.3) is 32.2 Å². The Hall–Kier alpha value is -2.06. The average molecular weight is 319 g/mol. The molecule has 0 saturated carbocycles. The second-order valence-corrected chi connectivity index (χ2v) is 7.91. The van der Waals surface area contributed by atoms with Gasteiger partial charge in [0.25, 0.3) is 0 Å². The van der Waals surface area contributed by atoms with Gasteiger partial charge in [-0.05, 0) is 63.1 Å². The Balaban J connectivity index is 2.07. The highest BCUT2D eigenvalue weighted by Gasteiger charge is 2.14. The van der Waals surface area contributed by atoms with E-state index < -0.39 is 0 Å². The van der Waals surface area contributed by atoms with Crippen molar-refractivity contribution in [3.8, 4) is 10.4 Å². The van der Waals surface area contributed by atoms with Crippen molar-refractivity contribution in [1.29, 1.82) is 0 Å². The average Bonchev–Trinajstić information content (AvgIpc) is 3.07. The van der Waals surface area contributed by atoms with Crippen LogP contribution in [0.1, 0.15) is 30.3 Å². The van der Waals surface area contributed by atoms with Crippen LogP contribution in [0.5, 0.6) is 0 Å². The number of hydrogen-bond donors (Lipinski definition) is 0. The van der Waals surface area contributed by atoms with Gasteiger partial charge in [0, 0.05) is 37.6 Å². The van der Waals surface area contributed by atoms with Gasteiger partial charge in [0.05, 0.1) is 0 Å². The lowest BCUT2D eigenvalue weighted by Gasteiger charge is -2.12. The smallest absolute Gasteiger partial charge is 0.0500 e. The first-order valence-electron chi connectivity index (χ1n) is 8.16. The Morgan fingerprint density at radius 2 is 1.52 bits per heavy atom. The maximum Gasteiger partial charge on any atom is 0.0500 e. The standard InChI is InChI=1S/C21H21NS/c1-13(2)22-19-11-14(3)5-8-17(19)18-9-7-16(12-20(18)22)21-10-6-15(4)23-21/h5-13H,1-4H3. The number of fused-ring (bicyclic) bond motifs is 3. The molecule has 4 aromatic rings. The Morgan fingerprint density at radius 1 is 0.826 bits per heavy atom. The summed E-state index contributed by atoms with van der Waals surface area (Å²) >= 11 is 1.86. The number of rotatable bonds is 2. The van der Waals surface area contributed by atoms with Crippen molar-refractivity contribution in [2.75, 3.05) is 0 Å². The summed E-state index contributed by atoms with van der Waals surface area (Å²) in [5.74, 6) is 0. The van der Waals surface area contributed by atoms with Crippen LogP contribution in [0.4, 0.5) is 0 Å². The van der Waals surface area contributed by atoms with E-state index in [0.29, 0.717) is 6.04 Å². The first-order chi connectivity index (χ1) is 11.0. The second-order valence-electron chi connectivity index (χ2n) is 6.63. The molecular weight excluding hydrogens is 298 g/mol. The third kappa shape index (κ3) is 2.29. The van der Waals surface area contributed by atoms with Crippen LogP contribution in [0.3, 0.4) is 0 Å². The summed E-state index contributed by atoms with van der Waals surface area (Å²) in [6.07, 6.45) is 0. The number of thiophene rings is 1. The van der Waals surface area contributed by atoms with Crippen LogP contribution in [-0.4, -0.2) is 4.57 Å². The molecule has 2 aromatic carbocycles. The molecule has 0 saturated heterocycles. The molecule has 1 nitrogen and oxygen atoms in total. The fourth-order valence-corrected chi connectivity index (χ4v) is 4.32. The molecule has 0 atom stereocenters. The van der Waals surface area contributed by atoms with Crippen molar-refractivity contribution >= 4 is 33.1 Å². The van der Waals surface area contributed by atoms with Crippen molar-refractivity contribution in [3.05, 3.63) is 59.0 Å². The highest BCUT2D eigenvalue weighted by atomic mass is 32.1. The summed E-state index contributed by atoms with van der Waals surface area (Å²) < 4.78 is 2.47. The van der Waals surface area contributed by atoms with Gasteiger partial charge in [-0.1, -0.05) is 24.3 Å². The maximum atomic E-state index is 2.47. The van der Waals surface area contributed by atoms with Crippen LogP contribution < -0.4 is 0 Å². The molecule has 0 radical (unpaired) electrons. The molecule has 0 N–H and O–H groups in total. The van der Waals surface area contributed by atoms with Crippen LogP contribution in [0, 0.1) is 13.8 Å². The number of aromatic nitrogens is 1. The third-order valence-corrected chi connectivity index (χ3v) is 5.55. The van der Waals surface area contributed by atoms with Gasteiger partial charge in [-0.3, -0.25) is 0 Å². The number of aryl methyl sites for hydroxylation is 2. The molecule has 2 aromatic heterocycles. The highest BCUT2D eigenvalue weighted by Crippen LogP contribution is 2.36. The van der Waals surface area contributed by atoms with E-state index in [9.17, 15) is 0 Å². The van der Waals surface area contributed by atoms with Crippen molar-refractivity contribution in [3.63, 3.8) is 0 Å². The molecule has 0 aliphatic carbocycles. The molecule has 2 heteroatoms. The largest absolute Gasteiger partial charge is 0.338 e. The Labute approximate surface area is 141 Å². The fourth-order valence-electron chi connectivity index (χ4n) is 3.46. The van der Waals surface area contributed by atoms with Crippen molar-refractivity contribution in [2.45, 2.75) is 33.7 Å². The van der Waals surface area contributed by atoms with Gasteiger partial charge in [0.15, 0.2) is 0 Å². The lowest BCUT2D eigenvalue weighted by Crippen LogP contribution is -2.00. The van der Waals surface area contributed by atoms with E-state index in [-0.39, 0.29) is 0 Å². The number of benzene rings is 2. The second kappa shape index (κ2) is 5.24. The number of hydrogen-bond acceptors (Lipinski definition) is 1. The van der Waals surface area contributed by atoms with Crippen molar-refractivity contribution in [1.82, 2.24) is 4.57 Å². The molecule has 4 rings (SSSR count). The quantitative estimate of drug-likeness (QED) is 0.386. The summed E-state index contributed by atoms with van der Waals surface area (Å²) in [7, 11) is 0. The predicted octanol–water partition coefficient (Wildman–Crippen LogP) is 6.72. The molecule has 2 heterocycles. The zero-order valence-electron chi connectivity index (χ0n) is 14.1. The fraction of sp³-hybridized carbons (Fsp3) is 0.238. The Bertz CT molecular complexity index is 1020. The Kier molecular flexibility index (Phi) is 3.31. The summed E-state index contributed by atoms with van der Waals surface area (Å²) in [4.78, 5) is 2.71. The molecule has 0 spiro atoms. The van der Waals surface area contributed by atoms with Gasteiger partial charge in [0.2, 0.25) is 0 Å². The monoisotopic (exact) mass is 319 g/mol. The third-order valence-electron chi connectivity index (χ3n) is 4.50. The topological polar surface area (TPSA) is 4.93 Å². The van der Waals surface area contributed by atoms with E-state index in [2.05, 4.69) is 80.8 Å². The SMILES string of the molecule is Cc1ccc2c3ccc(-c4ccc(C)s4)cc3n(C(C)C)c2c1. The van der Waals surface area contributed by atoms with Gasteiger partial charge in [-0.2, -0.15) is 0 Å². The summed E-state index contributed by atoms with van der Waals surface area (Å²) in [6, 6.07) is 18.6. The summed E-state index contributed by atoms with van der Waals surface area (Å²) in [5.41, 5.74) is 5.31. The van der Waals surface area contributed by atoms with Crippen LogP contribution in [0.15, 0.2) is 48.5 Å². The van der Waals surface area contributed by atoms with E-state index in [4.69, 9.17) is 0 Å². The van der Waals surface area contributed by atoms with Gasteiger partial charge in [0.1, 0.15) is 0 Å². The lowest BCUT2D eigenvalue weighted by molar-refractivity contribution is 0.642. The minimum Gasteiger partial charge on any atom is -0.338 e. The lowest BCUT2D eigenvalue weighted by atomic mass is 10.1. The van der Waals surface area contributed by atoms with Crippen molar-refractivity contribution < 1.29 is 0 Å². The van der Waals surface area contributed by atoms with E-state index in [0.717, 1.165) is 0 Å². The molecule has 0 aliphatic heterocycles. The molecule has 0 aliphatic rings. The van der Waals surface area contributed by atoms with E-state index in [1.807, 2.05) is 11.3 Å². The van der Waals surface area contributed by atoms with Crippen LogP contribution >= 0.6 is 11.3 Å². The van der Waals surface area contributed by atoms with Crippen LogP contribution in [0.2, 0.25) is 0 Å². The number of nitrogens with zero attached hydrogens (tertiary/aromatic N) is 1. The molecule has 0 amide bonds. The molecule has 23 heavy (non-hydrogen) atoms. The molecule has 0 bridgehead atoms. The minimum absolute atomic E-state index is 0.442. The van der Waals surface area contributed by atoms with Gasteiger partial charge in [-0.25, -0.2) is 0 Å². The van der Waals surface area contributed by atoms with E-state index >= 15 is 0 Å². The first-order valence-corrected chi connectivity index (χ1v) is 8.97. The van der Waals surface area contributed by atoms with E-state index in [1.54, 1.807) is 0 Å². The molecule has 0 fully saturated rings. The van der Waals surface area contributed by atoms with Crippen molar-refractivity contribution in [2.24, 2.45) is 0 Å². The zero-order chi connectivity index (χ0) is 16.1. The normalized spacial score (nSPS) is 11.9. The molecule has 0 unspecified atom stereocenters. The maximum absolute atomic E-state index is 2.47. The summed E-state index contributed by atoms with van der Waals surface area (Å²) in [5, 5.41) is 2.71. The first kappa shape index (κ1) is 14.5. The van der Waals surface area contributed by atoms with Gasteiger partial charge < -0.3 is 4.57 Å². The van der Waals surface area contributed by atoms with E-state index in [1.165, 1.54) is 42.7 Å². The minimum atomic E-state index is 0.442. The zero-order valence-corrected chi connectivity index (χ0v) is 14.9. The van der Waals surface area contributed by atoms with Crippen LogP contribution in [-0.2, 0) is 0 Å². The predicted molar refractivity (Wildman–Crippen MR) is 103 cm³/mol. The summed E-state index contributed by atoms with van der Waals surface area (Å²) in [6.45, 7) is 8.87. The molecule has 116 valence electrons.